The molecule has 0 spiro atoms. The van der Waals surface area contributed by atoms with E-state index in [2.05, 4.69) is 35.0 Å². The number of benzene rings is 3. The number of methoxy groups -OCH3 is 1. The summed E-state index contributed by atoms with van der Waals surface area (Å²) in [6, 6.07) is 23.5. The molecule has 6 nitrogen and oxygen atoms in total. The number of rotatable bonds is 11. The van der Waals surface area contributed by atoms with E-state index in [1.165, 1.54) is 5.56 Å². The standard InChI is InChI=1S/C28H31N3O3/c1-21-13-15-22(16-14-21)34-20-8-7-19-31-25-11-5-4-10-24(25)30-27(31)17-18-29-28(32)23-9-3-6-12-26(23)33-2/h3-6,9-16H,7-8,17-20H2,1-2H3,(H,29,32). The lowest BCUT2D eigenvalue weighted by Crippen LogP contribution is -2.27. The molecule has 0 atom stereocenters. The number of para-hydroxylation sites is 3. The summed E-state index contributed by atoms with van der Waals surface area (Å²) in [6.07, 6.45) is 2.58. The minimum absolute atomic E-state index is 0.145. The Labute approximate surface area is 200 Å². The Balaban J connectivity index is 1.34. The third kappa shape index (κ3) is 5.76. The molecule has 0 unspecified atom stereocenters. The smallest absolute Gasteiger partial charge is 0.255 e. The van der Waals surface area contributed by atoms with E-state index in [-0.39, 0.29) is 5.91 Å². The summed E-state index contributed by atoms with van der Waals surface area (Å²) in [4.78, 5) is 17.4. The van der Waals surface area contributed by atoms with Crippen LogP contribution in [-0.4, -0.2) is 35.7 Å². The quantitative estimate of drug-likeness (QED) is 0.315. The highest BCUT2D eigenvalue weighted by atomic mass is 16.5. The molecule has 0 aliphatic rings. The lowest BCUT2D eigenvalue weighted by molar-refractivity contribution is 0.0951. The van der Waals surface area contributed by atoms with Crippen molar-refractivity contribution in [2.45, 2.75) is 32.7 Å². The highest BCUT2D eigenvalue weighted by molar-refractivity contribution is 5.96. The number of nitrogens with one attached hydrogen (secondary N) is 1. The molecule has 0 aliphatic carbocycles. The second-order valence-corrected chi connectivity index (χ2v) is 8.24. The van der Waals surface area contributed by atoms with Gasteiger partial charge in [0.15, 0.2) is 0 Å². The maximum atomic E-state index is 12.6. The van der Waals surface area contributed by atoms with Crippen LogP contribution >= 0.6 is 0 Å². The molecule has 0 bridgehead atoms. The van der Waals surface area contributed by atoms with Crippen molar-refractivity contribution in [3.05, 3.63) is 89.7 Å². The number of fused-ring (bicyclic) bond motifs is 1. The van der Waals surface area contributed by atoms with Gasteiger partial charge in [-0.1, -0.05) is 42.0 Å². The van der Waals surface area contributed by atoms with Crippen LogP contribution in [0.4, 0.5) is 0 Å². The maximum absolute atomic E-state index is 12.6. The number of amides is 1. The summed E-state index contributed by atoms with van der Waals surface area (Å²) in [5, 5.41) is 3.00. The predicted octanol–water partition coefficient (Wildman–Crippen LogP) is 5.19. The fourth-order valence-electron chi connectivity index (χ4n) is 3.98. The number of carbonyl (C=O) groups is 1. The first-order valence-electron chi connectivity index (χ1n) is 11.7. The fraction of sp³-hybridized carbons (Fsp3) is 0.286. The van der Waals surface area contributed by atoms with Crippen LogP contribution in [0.1, 0.15) is 34.6 Å². The molecule has 0 fully saturated rings. The Morgan fingerprint density at radius 2 is 1.74 bits per heavy atom. The number of carbonyl (C=O) groups excluding carboxylic acids is 1. The van der Waals surface area contributed by atoms with Gasteiger partial charge in [-0.25, -0.2) is 4.98 Å². The zero-order valence-corrected chi connectivity index (χ0v) is 19.8. The number of hydrogen-bond acceptors (Lipinski definition) is 4. The summed E-state index contributed by atoms with van der Waals surface area (Å²) in [5.74, 6) is 2.31. The van der Waals surface area contributed by atoms with Gasteiger partial charge >= 0.3 is 0 Å². The molecule has 1 aromatic heterocycles. The number of unbranched alkanes of at least 4 members (excludes halogenated alkanes) is 1. The first kappa shape index (κ1) is 23.4. The first-order valence-corrected chi connectivity index (χ1v) is 11.7. The lowest BCUT2D eigenvalue weighted by Gasteiger charge is -2.11. The Bertz CT molecular complexity index is 1230. The van der Waals surface area contributed by atoms with Gasteiger partial charge in [0, 0.05) is 19.5 Å². The van der Waals surface area contributed by atoms with Crippen molar-refractivity contribution in [3.8, 4) is 11.5 Å². The van der Waals surface area contributed by atoms with Gasteiger partial charge in [0.05, 0.1) is 30.3 Å². The Morgan fingerprint density at radius 3 is 2.56 bits per heavy atom. The van der Waals surface area contributed by atoms with Gasteiger partial charge in [0.25, 0.3) is 5.91 Å². The van der Waals surface area contributed by atoms with Crippen LogP contribution in [0.3, 0.4) is 0 Å². The molecule has 0 saturated heterocycles. The molecule has 1 amide bonds. The largest absolute Gasteiger partial charge is 0.496 e. The van der Waals surface area contributed by atoms with Gasteiger partial charge in [0.1, 0.15) is 17.3 Å². The van der Waals surface area contributed by atoms with Crippen LogP contribution in [0.5, 0.6) is 11.5 Å². The first-order chi connectivity index (χ1) is 16.7. The van der Waals surface area contributed by atoms with Crippen LogP contribution in [0, 0.1) is 6.92 Å². The summed E-state index contributed by atoms with van der Waals surface area (Å²) in [7, 11) is 1.57. The van der Waals surface area contributed by atoms with E-state index < -0.39 is 0 Å². The van der Waals surface area contributed by atoms with Crippen molar-refractivity contribution in [2.24, 2.45) is 0 Å². The van der Waals surface area contributed by atoms with Gasteiger partial charge < -0.3 is 19.4 Å². The average Bonchev–Trinajstić information content (AvgIpc) is 3.22. The molecule has 0 aliphatic heterocycles. The molecule has 1 heterocycles. The SMILES string of the molecule is COc1ccccc1C(=O)NCCc1nc2ccccc2n1CCCCOc1ccc(C)cc1. The van der Waals surface area contributed by atoms with E-state index >= 15 is 0 Å². The molecule has 4 aromatic rings. The zero-order chi connectivity index (χ0) is 23.8. The third-order valence-corrected chi connectivity index (χ3v) is 5.79. The van der Waals surface area contributed by atoms with Crippen molar-refractivity contribution >= 4 is 16.9 Å². The van der Waals surface area contributed by atoms with Crippen molar-refractivity contribution in [3.63, 3.8) is 0 Å². The van der Waals surface area contributed by atoms with Crippen molar-refractivity contribution in [2.75, 3.05) is 20.3 Å². The van der Waals surface area contributed by atoms with Crippen LogP contribution in [0.2, 0.25) is 0 Å². The topological polar surface area (TPSA) is 65.4 Å². The number of aromatic nitrogens is 2. The third-order valence-electron chi connectivity index (χ3n) is 5.79. The van der Waals surface area contributed by atoms with Crippen LogP contribution < -0.4 is 14.8 Å². The lowest BCUT2D eigenvalue weighted by atomic mass is 10.2. The highest BCUT2D eigenvalue weighted by Gasteiger charge is 2.13. The van der Waals surface area contributed by atoms with Crippen molar-refractivity contribution < 1.29 is 14.3 Å². The number of nitrogens with zero attached hydrogens (tertiary/aromatic N) is 2. The van der Waals surface area contributed by atoms with E-state index in [0.29, 0.717) is 30.9 Å². The molecule has 3 aromatic carbocycles. The summed E-state index contributed by atoms with van der Waals surface area (Å²) >= 11 is 0. The zero-order valence-electron chi connectivity index (χ0n) is 19.8. The van der Waals surface area contributed by atoms with E-state index in [1.54, 1.807) is 19.2 Å². The van der Waals surface area contributed by atoms with Gasteiger partial charge in [-0.15, -0.1) is 0 Å². The van der Waals surface area contributed by atoms with E-state index in [1.807, 2.05) is 42.5 Å². The summed E-state index contributed by atoms with van der Waals surface area (Å²) in [5.41, 5.74) is 3.86. The molecule has 0 radical (unpaired) electrons. The number of aryl methyl sites for hydroxylation is 2. The summed E-state index contributed by atoms with van der Waals surface area (Å²) in [6.45, 7) is 4.10. The normalized spacial score (nSPS) is 10.9. The van der Waals surface area contributed by atoms with E-state index in [0.717, 1.165) is 42.0 Å². The minimum Gasteiger partial charge on any atom is -0.496 e. The number of imidazole rings is 1. The number of ether oxygens (including phenoxy) is 2. The highest BCUT2D eigenvalue weighted by Crippen LogP contribution is 2.19. The Hall–Kier alpha value is -3.80. The van der Waals surface area contributed by atoms with Crippen LogP contribution in [-0.2, 0) is 13.0 Å². The van der Waals surface area contributed by atoms with E-state index in [9.17, 15) is 4.79 Å². The maximum Gasteiger partial charge on any atom is 0.255 e. The fourth-order valence-corrected chi connectivity index (χ4v) is 3.98. The van der Waals surface area contributed by atoms with Crippen molar-refractivity contribution in [1.82, 2.24) is 14.9 Å². The molecule has 6 heteroatoms. The predicted molar refractivity (Wildman–Crippen MR) is 135 cm³/mol. The second kappa shape index (κ2) is 11.4. The number of hydrogen-bond donors (Lipinski definition) is 1. The second-order valence-electron chi connectivity index (χ2n) is 8.24. The Kier molecular flexibility index (Phi) is 7.81. The summed E-state index contributed by atoms with van der Waals surface area (Å²) < 4.78 is 13.4. The van der Waals surface area contributed by atoms with Gasteiger partial charge in [-0.2, -0.15) is 0 Å². The molecule has 1 N–H and O–H groups in total. The molecule has 0 saturated carbocycles. The molecule has 176 valence electrons. The van der Waals surface area contributed by atoms with Gasteiger partial charge in [0.2, 0.25) is 0 Å². The average molecular weight is 458 g/mol. The minimum atomic E-state index is -0.145. The Morgan fingerprint density at radius 1 is 0.971 bits per heavy atom. The molecule has 34 heavy (non-hydrogen) atoms. The monoisotopic (exact) mass is 457 g/mol. The van der Waals surface area contributed by atoms with Gasteiger partial charge in [-0.05, 0) is 56.2 Å². The molecular formula is C28H31N3O3. The van der Waals surface area contributed by atoms with Crippen molar-refractivity contribution in [1.29, 1.82) is 0 Å². The van der Waals surface area contributed by atoms with Gasteiger partial charge in [-0.3, -0.25) is 4.79 Å². The molecule has 4 rings (SSSR count). The van der Waals surface area contributed by atoms with Crippen LogP contribution in [0.15, 0.2) is 72.8 Å². The van der Waals surface area contributed by atoms with E-state index in [4.69, 9.17) is 14.5 Å². The van der Waals surface area contributed by atoms with Crippen LogP contribution in [0.25, 0.3) is 11.0 Å². The molecular weight excluding hydrogens is 426 g/mol.